The van der Waals surface area contributed by atoms with Gasteiger partial charge in [0.1, 0.15) is 0 Å². The second kappa shape index (κ2) is 3.20. The second-order valence-electron chi connectivity index (χ2n) is 1.26. The first kappa shape index (κ1) is 8.94. The molecule has 0 N–H and O–H groups in total. The molecule has 0 bridgehead atoms. The monoisotopic (exact) mass is 206 g/mol. The van der Waals surface area contributed by atoms with Gasteiger partial charge in [0.25, 0.3) is 0 Å². The summed E-state index contributed by atoms with van der Waals surface area (Å²) in [6.45, 7) is 0. The molecule has 0 aliphatic heterocycles. The number of rotatable bonds is 2. The van der Waals surface area contributed by atoms with Crippen molar-refractivity contribution in [2.75, 3.05) is 0 Å². The molecule has 5 heteroatoms. The van der Waals surface area contributed by atoms with Crippen LogP contribution in [-0.2, 0) is 0 Å². The van der Waals surface area contributed by atoms with Crippen LogP contribution < -0.4 is 0 Å². The molecule has 0 aromatic carbocycles. The number of hydrogen-bond acceptors (Lipinski definition) is 0. The van der Waals surface area contributed by atoms with Gasteiger partial charge in [0.15, 0.2) is 6.17 Å². The zero-order valence-corrected chi connectivity index (χ0v) is 5.71. The lowest BCUT2D eigenvalue weighted by Gasteiger charge is -2.07. The quantitative estimate of drug-likeness (QED) is 0.482. The Hall–Kier alpha value is -0.0600. The van der Waals surface area contributed by atoms with Gasteiger partial charge in [-0.2, -0.15) is 8.78 Å². The van der Waals surface area contributed by atoms with E-state index in [0.29, 0.717) is 0 Å². The molecule has 0 saturated carbocycles. The van der Waals surface area contributed by atoms with Crippen LogP contribution in [0.2, 0.25) is 0 Å². The van der Waals surface area contributed by atoms with Crippen LogP contribution in [0.1, 0.15) is 0 Å². The molecule has 0 nitrogen and oxygen atoms in total. The Labute approximate surface area is 57.7 Å². The SMILES string of the molecule is F/C=C\C(F)C(F)(F)Br. The van der Waals surface area contributed by atoms with Gasteiger partial charge < -0.3 is 0 Å². The zero-order chi connectivity index (χ0) is 7.49. The van der Waals surface area contributed by atoms with Gasteiger partial charge in [-0.05, 0) is 22.0 Å². The minimum Gasteiger partial charge on any atom is -0.235 e. The van der Waals surface area contributed by atoms with Crippen molar-refractivity contribution in [3.05, 3.63) is 12.4 Å². The fourth-order valence-electron chi connectivity index (χ4n) is 0.173. The third kappa shape index (κ3) is 3.51. The maximum atomic E-state index is 11.8. The van der Waals surface area contributed by atoms with Crippen molar-refractivity contribution >= 4 is 15.9 Å². The van der Waals surface area contributed by atoms with Crippen molar-refractivity contribution in [1.82, 2.24) is 0 Å². The third-order valence-electron chi connectivity index (χ3n) is 0.554. The molecular formula is C4H3BrF4. The molecule has 0 rings (SSSR count). The van der Waals surface area contributed by atoms with Gasteiger partial charge in [-0.1, -0.05) is 0 Å². The van der Waals surface area contributed by atoms with E-state index in [1.54, 1.807) is 15.9 Å². The summed E-state index contributed by atoms with van der Waals surface area (Å²) in [5.74, 6) is 0. The summed E-state index contributed by atoms with van der Waals surface area (Å²) in [5.41, 5.74) is 0. The number of alkyl halides is 4. The maximum Gasteiger partial charge on any atom is 0.335 e. The Kier molecular flexibility index (Phi) is 3.17. The zero-order valence-electron chi connectivity index (χ0n) is 4.12. The molecule has 54 valence electrons. The van der Waals surface area contributed by atoms with Crippen molar-refractivity contribution in [2.45, 2.75) is 11.0 Å². The van der Waals surface area contributed by atoms with E-state index in [2.05, 4.69) is 0 Å². The van der Waals surface area contributed by atoms with Crippen LogP contribution in [0.3, 0.4) is 0 Å². The molecule has 0 saturated heterocycles. The van der Waals surface area contributed by atoms with E-state index in [9.17, 15) is 17.6 Å². The lowest BCUT2D eigenvalue weighted by molar-refractivity contribution is 0.0452. The number of hydrogen-bond donors (Lipinski definition) is 0. The minimum atomic E-state index is -3.67. The average Bonchev–Trinajstić information content (AvgIpc) is 1.64. The molecule has 0 aliphatic carbocycles. The van der Waals surface area contributed by atoms with E-state index in [1.807, 2.05) is 0 Å². The van der Waals surface area contributed by atoms with E-state index >= 15 is 0 Å². The molecule has 1 unspecified atom stereocenters. The molecule has 0 heterocycles. The predicted molar refractivity (Wildman–Crippen MR) is 29.0 cm³/mol. The van der Waals surface area contributed by atoms with Crippen LogP contribution in [-0.4, -0.2) is 11.0 Å². The van der Waals surface area contributed by atoms with Crippen molar-refractivity contribution in [3.8, 4) is 0 Å². The summed E-state index contributed by atoms with van der Waals surface area (Å²) in [6.07, 6.45) is -2.75. The summed E-state index contributed by atoms with van der Waals surface area (Å²) in [5, 5.41) is 0. The van der Waals surface area contributed by atoms with E-state index in [0.717, 1.165) is 0 Å². The van der Waals surface area contributed by atoms with Crippen LogP contribution in [0.15, 0.2) is 12.4 Å². The lowest BCUT2D eigenvalue weighted by Crippen LogP contribution is -2.19. The molecule has 9 heavy (non-hydrogen) atoms. The van der Waals surface area contributed by atoms with Crippen molar-refractivity contribution < 1.29 is 17.6 Å². The molecule has 1 atom stereocenters. The number of allylic oxidation sites excluding steroid dienone is 1. The van der Waals surface area contributed by atoms with Gasteiger partial charge in [-0.15, -0.1) is 0 Å². The molecule has 0 fully saturated rings. The fourth-order valence-corrected chi connectivity index (χ4v) is 0.326. The Morgan fingerprint density at radius 2 is 1.89 bits per heavy atom. The van der Waals surface area contributed by atoms with E-state index in [1.165, 1.54) is 0 Å². The first-order chi connectivity index (χ1) is 3.98. The van der Waals surface area contributed by atoms with E-state index < -0.39 is 11.0 Å². The van der Waals surface area contributed by atoms with Gasteiger partial charge >= 0.3 is 4.83 Å². The molecular weight excluding hydrogens is 204 g/mol. The smallest absolute Gasteiger partial charge is 0.235 e. The Balaban J connectivity index is 3.88. The highest BCUT2D eigenvalue weighted by Crippen LogP contribution is 2.29. The largest absolute Gasteiger partial charge is 0.335 e. The summed E-state index contributed by atoms with van der Waals surface area (Å²) in [6, 6.07) is 0. The van der Waals surface area contributed by atoms with Crippen LogP contribution in [0.4, 0.5) is 17.6 Å². The molecule has 0 spiro atoms. The van der Waals surface area contributed by atoms with Crippen molar-refractivity contribution in [2.24, 2.45) is 0 Å². The first-order valence-electron chi connectivity index (χ1n) is 1.96. The molecule has 0 aromatic rings. The lowest BCUT2D eigenvalue weighted by atomic mass is 10.4. The molecule has 0 amide bonds. The first-order valence-corrected chi connectivity index (χ1v) is 2.75. The summed E-state index contributed by atoms with van der Waals surface area (Å²) in [4.78, 5) is -3.67. The minimum absolute atomic E-state index is 0.120. The summed E-state index contributed by atoms with van der Waals surface area (Å²) < 4.78 is 46.0. The molecule has 0 aromatic heterocycles. The third-order valence-corrected chi connectivity index (χ3v) is 0.992. The summed E-state index contributed by atoms with van der Waals surface area (Å²) in [7, 11) is 0. The van der Waals surface area contributed by atoms with Gasteiger partial charge in [0, 0.05) is 0 Å². The second-order valence-corrected chi connectivity index (χ2v) is 2.32. The van der Waals surface area contributed by atoms with Gasteiger partial charge in [-0.3, -0.25) is 0 Å². The van der Waals surface area contributed by atoms with Crippen LogP contribution in [0.25, 0.3) is 0 Å². The van der Waals surface area contributed by atoms with Gasteiger partial charge in [0.05, 0.1) is 6.33 Å². The van der Waals surface area contributed by atoms with Crippen LogP contribution >= 0.6 is 15.9 Å². The van der Waals surface area contributed by atoms with Crippen LogP contribution in [0.5, 0.6) is 0 Å². The standard InChI is InChI=1S/C4H3BrF4/c5-4(8,9)3(7)1-2-6/h1-3H/b2-1-. The van der Waals surface area contributed by atoms with Crippen molar-refractivity contribution in [1.29, 1.82) is 0 Å². The topological polar surface area (TPSA) is 0 Å². The fraction of sp³-hybridized carbons (Fsp3) is 0.500. The van der Waals surface area contributed by atoms with Crippen LogP contribution in [0, 0.1) is 0 Å². The normalized spacial score (nSPS) is 16.6. The Bertz CT molecular complexity index is 106. The predicted octanol–water partition coefficient (Wildman–Crippen LogP) is 2.80. The highest BCUT2D eigenvalue weighted by atomic mass is 79.9. The van der Waals surface area contributed by atoms with Gasteiger partial charge in [0.2, 0.25) is 0 Å². The maximum absolute atomic E-state index is 11.8. The Morgan fingerprint density at radius 1 is 1.44 bits per heavy atom. The number of halogens is 5. The van der Waals surface area contributed by atoms with E-state index in [4.69, 9.17) is 0 Å². The van der Waals surface area contributed by atoms with Gasteiger partial charge in [-0.25, -0.2) is 8.78 Å². The average molecular weight is 207 g/mol. The summed E-state index contributed by atoms with van der Waals surface area (Å²) >= 11 is 1.72. The highest BCUT2D eigenvalue weighted by molar-refractivity contribution is 9.10. The molecule has 0 radical (unpaired) electrons. The molecule has 0 aliphatic rings. The van der Waals surface area contributed by atoms with Crippen molar-refractivity contribution in [3.63, 3.8) is 0 Å². The van der Waals surface area contributed by atoms with E-state index in [-0.39, 0.29) is 12.4 Å². The Morgan fingerprint density at radius 3 is 2.00 bits per heavy atom. The highest BCUT2D eigenvalue weighted by Gasteiger charge is 2.34.